The van der Waals surface area contributed by atoms with Crippen molar-refractivity contribution in [3.05, 3.63) is 22.3 Å². The zero-order valence-electron chi connectivity index (χ0n) is 10.7. The fourth-order valence-electron chi connectivity index (χ4n) is 1.26. The third kappa shape index (κ3) is 3.95. The predicted molar refractivity (Wildman–Crippen MR) is 73.4 cm³/mol. The summed E-state index contributed by atoms with van der Waals surface area (Å²) in [5, 5.41) is 9.08. The number of carbonyl (C=O) groups excluding carboxylic acids is 1. The molecule has 2 rings (SSSR count). The number of aromatic nitrogens is 3. The zero-order chi connectivity index (χ0) is 16.3. The van der Waals surface area contributed by atoms with Crippen LogP contribution in [-0.2, 0) is 6.18 Å². The van der Waals surface area contributed by atoms with Crippen LogP contribution in [0.5, 0.6) is 5.88 Å². The second-order valence-corrected chi connectivity index (χ2v) is 5.02. The van der Waals surface area contributed by atoms with E-state index in [1.165, 1.54) is 19.2 Å². The molecule has 0 aliphatic rings. The van der Waals surface area contributed by atoms with E-state index in [-0.39, 0.29) is 33.2 Å². The van der Waals surface area contributed by atoms with Gasteiger partial charge in [-0.05, 0) is 6.07 Å². The molecule has 0 fully saturated rings. The van der Waals surface area contributed by atoms with E-state index in [0.29, 0.717) is 0 Å². The topological polar surface area (TPSA) is 89.0 Å². The smallest absolute Gasteiger partial charge is 0.445 e. The van der Waals surface area contributed by atoms with Crippen molar-refractivity contribution in [2.75, 3.05) is 17.7 Å². The first kappa shape index (κ1) is 16.2. The van der Waals surface area contributed by atoms with Crippen LogP contribution in [0.25, 0.3) is 0 Å². The highest BCUT2D eigenvalue weighted by atomic mass is 35.5. The first-order valence-corrected chi connectivity index (χ1v) is 6.68. The van der Waals surface area contributed by atoms with Gasteiger partial charge in [0.2, 0.25) is 16.0 Å². The highest BCUT2D eigenvalue weighted by Gasteiger charge is 2.35. The van der Waals surface area contributed by atoms with Crippen LogP contribution in [-0.4, -0.2) is 28.3 Å². The van der Waals surface area contributed by atoms with E-state index >= 15 is 0 Å². The minimum atomic E-state index is -4.61. The van der Waals surface area contributed by atoms with Crippen molar-refractivity contribution in [1.82, 2.24) is 15.2 Å². The number of halogens is 4. The zero-order valence-corrected chi connectivity index (χ0v) is 12.3. The number of nitrogens with one attached hydrogen (secondary N) is 2. The SMILES string of the molecule is COc1ccc(NC(=O)Nc2nnc(C(F)(F)F)s2)c(Cl)n1. The number of nitrogens with zero attached hydrogens (tertiary/aromatic N) is 3. The summed E-state index contributed by atoms with van der Waals surface area (Å²) in [5.74, 6) is 0.245. The van der Waals surface area contributed by atoms with Gasteiger partial charge in [0, 0.05) is 6.07 Å². The van der Waals surface area contributed by atoms with Crippen molar-refractivity contribution < 1.29 is 22.7 Å². The van der Waals surface area contributed by atoms with Gasteiger partial charge in [-0.3, -0.25) is 5.32 Å². The van der Waals surface area contributed by atoms with Crippen LogP contribution in [0.2, 0.25) is 5.15 Å². The van der Waals surface area contributed by atoms with E-state index in [2.05, 4.69) is 25.8 Å². The molecule has 118 valence electrons. The van der Waals surface area contributed by atoms with Gasteiger partial charge in [-0.1, -0.05) is 22.9 Å². The summed E-state index contributed by atoms with van der Waals surface area (Å²) >= 11 is 6.01. The van der Waals surface area contributed by atoms with Crippen LogP contribution in [0.15, 0.2) is 12.1 Å². The third-order valence-electron chi connectivity index (χ3n) is 2.17. The average molecular weight is 354 g/mol. The Bertz CT molecular complexity index is 693. The lowest BCUT2D eigenvalue weighted by Crippen LogP contribution is -2.19. The van der Waals surface area contributed by atoms with E-state index in [4.69, 9.17) is 16.3 Å². The van der Waals surface area contributed by atoms with E-state index in [9.17, 15) is 18.0 Å². The molecule has 0 saturated heterocycles. The fourth-order valence-corrected chi connectivity index (χ4v) is 2.06. The molecule has 0 saturated carbocycles. The first-order valence-electron chi connectivity index (χ1n) is 5.49. The minimum Gasteiger partial charge on any atom is -0.481 e. The van der Waals surface area contributed by atoms with Crippen molar-refractivity contribution in [1.29, 1.82) is 0 Å². The molecule has 2 aromatic heterocycles. The lowest BCUT2D eigenvalue weighted by molar-refractivity contribution is -0.138. The second-order valence-electron chi connectivity index (χ2n) is 3.68. The molecule has 2 heterocycles. The maximum absolute atomic E-state index is 12.4. The lowest BCUT2D eigenvalue weighted by atomic mass is 10.4. The average Bonchev–Trinajstić information content (AvgIpc) is 2.89. The third-order valence-corrected chi connectivity index (χ3v) is 3.34. The van der Waals surface area contributed by atoms with Gasteiger partial charge in [-0.25, -0.2) is 4.79 Å². The van der Waals surface area contributed by atoms with Crippen molar-refractivity contribution in [3.8, 4) is 5.88 Å². The van der Waals surface area contributed by atoms with Gasteiger partial charge < -0.3 is 10.1 Å². The van der Waals surface area contributed by atoms with Crippen molar-refractivity contribution in [2.24, 2.45) is 0 Å². The van der Waals surface area contributed by atoms with Crippen LogP contribution < -0.4 is 15.4 Å². The second kappa shape index (κ2) is 6.32. The molecule has 0 aromatic carbocycles. The van der Waals surface area contributed by atoms with Gasteiger partial charge in [0.1, 0.15) is 0 Å². The molecule has 0 bridgehead atoms. The Morgan fingerprint density at radius 1 is 1.32 bits per heavy atom. The van der Waals surface area contributed by atoms with Gasteiger partial charge in [-0.15, -0.1) is 10.2 Å². The number of hydrogen-bond donors (Lipinski definition) is 2. The van der Waals surface area contributed by atoms with Crippen LogP contribution in [0, 0.1) is 0 Å². The van der Waals surface area contributed by atoms with Gasteiger partial charge in [0.05, 0.1) is 12.8 Å². The number of ether oxygens (including phenoxy) is 1. The summed E-state index contributed by atoms with van der Waals surface area (Å²) in [7, 11) is 1.40. The molecular weight excluding hydrogens is 347 g/mol. The Morgan fingerprint density at radius 2 is 2.05 bits per heavy atom. The van der Waals surface area contributed by atoms with E-state index in [1.54, 1.807) is 0 Å². The van der Waals surface area contributed by atoms with Crippen molar-refractivity contribution in [2.45, 2.75) is 6.18 Å². The number of urea groups is 1. The standard InChI is InChI=1S/C10H7ClF3N5O2S/c1-21-5-3-2-4(6(11)16-5)15-8(20)17-9-19-18-7(22-9)10(12,13)14/h2-3H,1H3,(H2,15,17,19,20). The van der Waals surface area contributed by atoms with Crippen LogP contribution in [0.1, 0.15) is 5.01 Å². The number of carbonyl (C=O) groups is 1. The monoisotopic (exact) mass is 353 g/mol. The molecule has 0 atom stereocenters. The Balaban J connectivity index is 2.03. The molecule has 0 spiro atoms. The molecule has 12 heteroatoms. The van der Waals surface area contributed by atoms with E-state index < -0.39 is 17.2 Å². The number of hydrogen-bond acceptors (Lipinski definition) is 6. The molecule has 2 amide bonds. The number of anilines is 2. The Kier molecular flexibility index (Phi) is 4.66. The number of rotatable bonds is 3. The molecule has 2 aromatic rings. The number of methoxy groups -OCH3 is 1. The summed E-state index contributed by atoms with van der Waals surface area (Å²) < 4.78 is 41.9. The summed E-state index contributed by atoms with van der Waals surface area (Å²) in [5.41, 5.74) is 0.153. The molecule has 0 radical (unpaired) electrons. The number of amides is 2. The van der Waals surface area contributed by atoms with Gasteiger partial charge in [0.15, 0.2) is 5.15 Å². The predicted octanol–water partition coefficient (Wildman–Crippen LogP) is 3.26. The minimum absolute atomic E-state index is 0.0391. The molecule has 0 aliphatic heterocycles. The summed E-state index contributed by atoms with van der Waals surface area (Å²) in [6.45, 7) is 0. The fraction of sp³-hybridized carbons (Fsp3) is 0.200. The highest BCUT2D eigenvalue weighted by Crippen LogP contribution is 2.33. The Morgan fingerprint density at radius 3 is 2.59 bits per heavy atom. The molecular formula is C10H7ClF3N5O2S. The molecule has 22 heavy (non-hydrogen) atoms. The van der Waals surface area contributed by atoms with Crippen LogP contribution >= 0.6 is 22.9 Å². The van der Waals surface area contributed by atoms with E-state index in [1.807, 2.05) is 0 Å². The quantitative estimate of drug-likeness (QED) is 0.827. The van der Waals surface area contributed by atoms with E-state index in [0.717, 1.165) is 0 Å². The van der Waals surface area contributed by atoms with Gasteiger partial charge in [-0.2, -0.15) is 18.2 Å². The number of alkyl halides is 3. The molecule has 7 nitrogen and oxygen atoms in total. The van der Waals surface area contributed by atoms with Crippen LogP contribution in [0.3, 0.4) is 0 Å². The number of pyridine rings is 1. The largest absolute Gasteiger partial charge is 0.481 e. The lowest BCUT2D eigenvalue weighted by Gasteiger charge is -2.07. The Hall–Kier alpha value is -2.14. The summed E-state index contributed by atoms with van der Waals surface area (Å²) in [6, 6.07) is 2.04. The van der Waals surface area contributed by atoms with Gasteiger partial charge >= 0.3 is 12.2 Å². The molecule has 2 N–H and O–H groups in total. The Labute approximate surface area is 130 Å². The van der Waals surface area contributed by atoms with Crippen molar-refractivity contribution in [3.63, 3.8) is 0 Å². The maximum Gasteiger partial charge on any atom is 0.445 e. The van der Waals surface area contributed by atoms with Gasteiger partial charge in [0.25, 0.3) is 0 Å². The summed E-state index contributed by atoms with van der Waals surface area (Å²) in [6.07, 6.45) is -4.61. The maximum atomic E-state index is 12.4. The van der Waals surface area contributed by atoms with Crippen LogP contribution in [0.4, 0.5) is 28.8 Å². The molecule has 0 aliphatic carbocycles. The highest BCUT2D eigenvalue weighted by molar-refractivity contribution is 7.15. The first-order chi connectivity index (χ1) is 10.3. The summed E-state index contributed by atoms with van der Waals surface area (Å²) in [4.78, 5) is 15.5. The van der Waals surface area contributed by atoms with Crippen molar-refractivity contribution >= 4 is 39.8 Å². The molecule has 0 unspecified atom stereocenters. The normalized spacial score (nSPS) is 11.1.